The fourth-order valence-corrected chi connectivity index (χ4v) is 1.54. The molecule has 0 aliphatic carbocycles. The number of anilines is 1. The molecule has 4 N–H and O–H groups in total. The van der Waals surface area contributed by atoms with Gasteiger partial charge in [0.25, 0.3) is 0 Å². The van der Waals surface area contributed by atoms with Crippen LogP contribution in [0.4, 0.5) is 5.95 Å². The Balaban J connectivity index is 2.31. The molecule has 0 unspecified atom stereocenters. The van der Waals surface area contributed by atoms with Crippen LogP contribution in [-0.4, -0.2) is 55.3 Å². The molecule has 2 heterocycles. The van der Waals surface area contributed by atoms with E-state index in [0.29, 0.717) is 5.65 Å². The molecule has 0 fully saturated rings. The van der Waals surface area contributed by atoms with E-state index in [1.165, 1.54) is 0 Å². The van der Waals surface area contributed by atoms with Crippen LogP contribution in [0.2, 0.25) is 0 Å². The molecule has 0 bridgehead atoms. The maximum Gasteiger partial charge on any atom is 0.243 e. The first-order valence-corrected chi connectivity index (χ1v) is 5.56. The Morgan fingerprint density at radius 1 is 1.22 bits per heavy atom. The minimum absolute atomic E-state index is 0.248. The lowest BCUT2D eigenvalue weighted by atomic mass is 10.0. The van der Waals surface area contributed by atoms with Gasteiger partial charge in [0.2, 0.25) is 5.95 Å². The zero-order chi connectivity index (χ0) is 13.2. The quantitative estimate of drug-likeness (QED) is 0.553. The summed E-state index contributed by atoms with van der Waals surface area (Å²) >= 11 is 0. The van der Waals surface area contributed by atoms with Gasteiger partial charge in [-0.2, -0.15) is 4.98 Å². The minimum atomic E-state index is -1.22. The Bertz CT molecular complexity index is 528. The second-order valence-corrected chi connectivity index (χ2v) is 4.32. The molecular weight excluding hydrogens is 236 g/mol. The third kappa shape index (κ3) is 2.28. The van der Waals surface area contributed by atoms with Crippen molar-refractivity contribution in [3.8, 4) is 0 Å². The maximum atomic E-state index is 9.21. The lowest BCUT2D eigenvalue weighted by Crippen LogP contribution is -2.49. The molecule has 0 radical (unpaired) electrons. The summed E-state index contributed by atoms with van der Waals surface area (Å²) in [6.45, 7) is 0.672. The van der Waals surface area contributed by atoms with E-state index >= 15 is 0 Å². The Labute approximate surface area is 104 Å². The monoisotopic (exact) mass is 252 g/mol. The van der Waals surface area contributed by atoms with Gasteiger partial charge in [-0.3, -0.25) is 0 Å². The Morgan fingerprint density at radius 2 is 1.89 bits per heavy atom. The normalized spacial score (nSPS) is 12.0. The van der Waals surface area contributed by atoms with Gasteiger partial charge in [-0.25, -0.2) is 4.52 Å². The van der Waals surface area contributed by atoms with E-state index in [9.17, 15) is 15.3 Å². The summed E-state index contributed by atoms with van der Waals surface area (Å²) in [7, 11) is 0. The van der Waals surface area contributed by atoms with Crippen LogP contribution >= 0.6 is 0 Å². The van der Waals surface area contributed by atoms with Crippen LogP contribution in [0, 0.1) is 6.92 Å². The lowest BCUT2D eigenvalue weighted by molar-refractivity contribution is 0.0828. The number of aliphatic hydroxyl groups is 3. The highest BCUT2D eigenvalue weighted by Gasteiger charge is 2.29. The van der Waals surface area contributed by atoms with E-state index in [-0.39, 0.29) is 5.95 Å². The standard InChI is InChI=1S/C11H16N4O3/c1-8-2-3-9-12-10(14-15(9)4-8)13-11(5-16,6-17)7-18/h2-4,16-18H,5-7H2,1H3,(H,13,14). The van der Waals surface area contributed by atoms with Gasteiger partial charge in [-0.15, -0.1) is 5.10 Å². The summed E-state index contributed by atoms with van der Waals surface area (Å²) < 4.78 is 1.59. The molecule has 0 saturated heterocycles. The lowest BCUT2D eigenvalue weighted by Gasteiger charge is -2.27. The molecule has 18 heavy (non-hydrogen) atoms. The van der Waals surface area contributed by atoms with Gasteiger partial charge in [0.1, 0.15) is 5.54 Å². The number of aromatic nitrogens is 3. The summed E-state index contributed by atoms with van der Waals surface area (Å²) in [6.07, 6.45) is 1.81. The van der Waals surface area contributed by atoms with Crippen molar-refractivity contribution in [2.24, 2.45) is 0 Å². The Hall–Kier alpha value is -1.70. The smallest absolute Gasteiger partial charge is 0.243 e. The number of hydrogen-bond acceptors (Lipinski definition) is 6. The van der Waals surface area contributed by atoms with E-state index in [4.69, 9.17) is 0 Å². The maximum absolute atomic E-state index is 9.21. The van der Waals surface area contributed by atoms with Crippen molar-refractivity contribution in [3.63, 3.8) is 0 Å². The van der Waals surface area contributed by atoms with Crippen LogP contribution < -0.4 is 5.32 Å². The van der Waals surface area contributed by atoms with Crippen molar-refractivity contribution in [2.75, 3.05) is 25.1 Å². The number of nitrogens with one attached hydrogen (secondary N) is 1. The Kier molecular flexibility index (Phi) is 3.46. The van der Waals surface area contributed by atoms with Crippen molar-refractivity contribution in [1.82, 2.24) is 14.6 Å². The average molecular weight is 252 g/mol. The van der Waals surface area contributed by atoms with Gasteiger partial charge in [-0.1, -0.05) is 6.07 Å². The number of nitrogens with zero attached hydrogens (tertiary/aromatic N) is 3. The van der Waals surface area contributed by atoms with Crippen LogP contribution in [-0.2, 0) is 0 Å². The second-order valence-electron chi connectivity index (χ2n) is 4.32. The molecule has 2 aromatic heterocycles. The highest BCUT2D eigenvalue weighted by molar-refractivity contribution is 5.45. The molecule has 2 aromatic rings. The van der Waals surface area contributed by atoms with Gasteiger partial charge >= 0.3 is 0 Å². The van der Waals surface area contributed by atoms with Gasteiger partial charge in [0.05, 0.1) is 19.8 Å². The largest absolute Gasteiger partial charge is 0.394 e. The molecule has 2 rings (SSSR count). The van der Waals surface area contributed by atoms with Crippen LogP contribution in [0.1, 0.15) is 5.56 Å². The predicted octanol–water partition coefficient (Wildman–Crippen LogP) is -0.835. The fraction of sp³-hybridized carbons (Fsp3) is 0.455. The first kappa shape index (κ1) is 12.7. The first-order chi connectivity index (χ1) is 8.62. The molecule has 0 saturated carbocycles. The number of aryl methyl sites for hydroxylation is 1. The van der Waals surface area contributed by atoms with Crippen molar-refractivity contribution in [3.05, 3.63) is 23.9 Å². The van der Waals surface area contributed by atoms with Crippen LogP contribution in [0.25, 0.3) is 5.65 Å². The molecule has 7 nitrogen and oxygen atoms in total. The van der Waals surface area contributed by atoms with Crippen LogP contribution in [0.3, 0.4) is 0 Å². The number of aliphatic hydroxyl groups excluding tert-OH is 3. The Morgan fingerprint density at radius 3 is 2.50 bits per heavy atom. The van der Waals surface area contributed by atoms with E-state index in [1.54, 1.807) is 4.52 Å². The summed E-state index contributed by atoms with van der Waals surface area (Å²) in [5.74, 6) is 0.248. The van der Waals surface area contributed by atoms with Crippen molar-refractivity contribution < 1.29 is 15.3 Å². The average Bonchev–Trinajstić information content (AvgIpc) is 2.77. The van der Waals surface area contributed by atoms with E-state index in [1.807, 2.05) is 25.3 Å². The summed E-state index contributed by atoms with van der Waals surface area (Å²) in [4.78, 5) is 4.19. The molecule has 0 atom stereocenters. The van der Waals surface area contributed by atoms with Crippen LogP contribution in [0.15, 0.2) is 18.3 Å². The van der Waals surface area contributed by atoms with Gasteiger partial charge < -0.3 is 20.6 Å². The minimum Gasteiger partial charge on any atom is -0.394 e. The van der Waals surface area contributed by atoms with Crippen LogP contribution in [0.5, 0.6) is 0 Å². The van der Waals surface area contributed by atoms with E-state index in [2.05, 4.69) is 15.4 Å². The predicted molar refractivity (Wildman–Crippen MR) is 65.3 cm³/mol. The highest BCUT2D eigenvalue weighted by Crippen LogP contribution is 2.13. The third-order valence-corrected chi connectivity index (χ3v) is 2.76. The molecule has 0 amide bonds. The first-order valence-electron chi connectivity index (χ1n) is 5.56. The number of rotatable bonds is 5. The van der Waals surface area contributed by atoms with Crippen molar-refractivity contribution >= 4 is 11.6 Å². The molecule has 0 aromatic carbocycles. The van der Waals surface area contributed by atoms with Gasteiger partial charge in [0.15, 0.2) is 5.65 Å². The van der Waals surface area contributed by atoms with Crippen molar-refractivity contribution in [1.29, 1.82) is 0 Å². The highest BCUT2D eigenvalue weighted by atomic mass is 16.3. The number of fused-ring (bicyclic) bond motifs is 1. The molecule has 0 spiro atoms. The van der Waals surface area contributed by atoms with Gasteiger partial charge in [0, 0.05) is 6.20 Å². The second kappa shape index (κ2) is 4.89. The van der Waals surface area contributed by atoms with E-state index in [0.717, 1.165) is 5.56 Å². The molecule has 0 aliphatic heterocycles. The molecule has 7 heteroatoms. The zero-order valence-corrected chi connectivity index (χ0v) is 10.0. The summed E-state index contributed by atoms with van der Waals surface area (Å²) in [5.41, 5.74) is 0.461. The third-order valence-electron chi connectivity index (χ3n) is 2.76. The summed E-state index contributed by atoms with van der Waals surface area (Å²) in [6, 6.07) is 3.72. The number of hydrogen-bond donors (Lipinski definition) is 4. The topological polar surface area (TPSA) is 103 Å². The zero-order valence-electron chi connectivity index (χ0n) is 10.0. The fourth-order valence-electron chi connectivity index (χ4n) is 1.54. The van der Waals surface area contributed by atoms with Crippen molar-refractivity contribution in [2.45, 2.75) is 12.5 Å². The molecule has 98 valence electrons. The molecule has 0 aliphatic rings. The van der Waals surface area contributed by atoms with Gasteiger partial charge in [-0.05, 0) is 18.6 Å². The summed E-state index contributed by atoms with van der Waals surface area (Å²) in [5, 5.41) is 34.6. The number of pyridine rings is 1. The molecular formula is C11H16N4O3. The SMILES string of the molecule is Cc1ccc2nc(NC(CO)(CO)CO)nn2c1. The van der Waals surface area contributed by atoms with E-state index < -0.39 is 25.4 Å².